The summed E-state index contributed by atoms with van der Waals surface area (Å²) in [4.78, 5) is 24.6. The zero-order valence-electron chi connectivity index (χ0n) is 17.5. The zero-order chi connectivity index (χ0) is 20.9. The number of aryl methyl sites for hydroxylation is 1. The molecule has 2 unspecified atom stereocenters. The highest BCUT2D eigenvalue weighted by atomic mass is 32.1. The first kappa shape index (κ1) is 22.0. The van der Waals surface area contributed by atoms with Crippen LogP contribution in [0.25, 0.3) is 10.6 Å². The molecule has 0 aliphatic carbocycles. The van der Waals surface area contributed by atoms with E-state index in [1.165, 1.54) is 16.9 Å². The number of rotatable bonds is 7. The van der Waals surface area contributed by atoms with Crippen molar-refractivity contribution in [2.45, 2.75) is 60.4 Å². The first-order chi connectivity index (χ1) is 13.0. The van der Waals surface area contributed by atoms with E-state index >= 15 is 0 Å². The molecule has 0 saturated carbocycles. The molecule has 0 spiro atoms. The Morgan fingerprint density at radius 3 is 2.36 bits per heavy atom. The topological polar surface area (TPSA) is 84.0 Å². The Morgan fingerprint density at radius 2 is 1.75 bits per heavy atom. The largest absolute Gasteiger partial charge is 0.345 e. The molecule has 0 saturated heterocycles. The van der Waals surface area contributed by atoms with Crippen molar-refractivity contribution in [1.29, 1.82) is 0 Å². The first-order valence-electron chi connectivity index (χ1n) is 9.54. The number of nitrogens with zero attached hydrogens (tertiary/aromatic N) is 2. The SMILES string of the molecule is Cc1ccc(-c2nnc(NC(=O)C(C)NC(=O)CC(C)CC(C)(C)C)s2)cc1. The number of amides is 2. The lowest BCUT2D eigenvalue weighted by Crippen LogP contribution is -2.42. The van der Waals surface area contributed by atoms with Gasteiger partial charge < -0.3 is 5.32 Å². The quantitative estimate of drug-likeness (QED) is 0.718. The number of carbonyl (C=O) groups is 2. The van der Waals surface area contributed by atoms with Gasteiger partial charge in [-0.15, -0.1) is 10.2 Å². The summed E-state index contributed by atoms with van der Waals surface area (Å²) in [5.74, 6) is -0.157. The maximum atomic E-state index is 12.4. The molecule has 0 radical (unpaired) electrons. The van der Waals surface area contributed by atoms with E-state index in [-0.39, 0.29) is 23.1 Å². The van der Waals surface area contributed by atoms with Gasteiger partial charge in [0.1, 0.15) is 11.0 Å². The number of carbonyl (C=O) groups excluding carboxylic acids is 2. The minimum absolute atomic E-state index is 0.114. The van der Waals surface area contributed by atoms with Crippen molar-refractivity contribution in [1.82, 2.24) is 15.5 Å². The van der Waals surface area contributed by atoms with Crippen LogP contribution in [0.4, 0.5) is 5.13 Å². The van der Waals surface area contributed by atoms with Crippen molar-refractivity contribution < 1.29 is 9.59 Å². The molecule has 0 aliphatic rings. The number of anilines is 1. The molecular weight excluding hydrogens is 372 g/mol. The van der Waals surface area contributed by atoms with Crippen LogP contribution in [0.3, 0.4) is 0 Å². The minimum Gasteiger partial charge on any atom is -0.345 e. The molecule has 1 heterocycles. The molecule has 0 aliphatic heterocycles. The standard InChI is InChI=1S/C21H30N4O2S/c1-13-7-9-16(10-8-13)19-24-25-20(28-19)23-18(27)15(3)22-17(26)11-14(2)12-21(4,5)6/h7-10,14-15H,11-12H2,1-6H3,(H,22,26)(H,23,25,27). The third-order valence-corrected chi connectivity index (χ3v) is 5.11. The summed E-state index contributed by atoms with van der Waals surface area (Å²) in [6.07, 6.45) is 1.36. The highest BCUT2D eigenvalue weighted by molar-refractivity contribution is 7.18. The summed E-state index contributed by atoms with van der Waals surface area (Å²) in [7, 11) is 0. The summed E-state index contributed by atoms with van der Waals surface area (Å²) in [5.41, 5.74) is 2.30. The van der Waals surface area contributed by atoms with E-state index in [4.69, 9.17) is 0 Å². The minimum atomic E-state index is -0.638. The monoisotopic (exact) mass is 402 g/mol. The molecule has 2 amide bonds. The van der Waals surface area contributed by atoms with E-state index in [0.717, 1.165) is 17.0 Å². The lowest BCUT2D eigenvalue weighted by molar-refractivity contribution is -0.126. The lowest BCUT2D eigenvalue weighted by atomic mass is 9.84. The molecule has 1 aromatic heterocycles. The summed E-state index contributed by atoms with van der Waals surface area (Å²) in [6, 6.07) is 7.33. The number of aromatic nitrogens is 2. The van der Waals surface area contributed by atoms with E-state index < -0.39 is 6.04 Å². The van der Waals surface area contributed by atoms with Gasteiger partial charge in [0.25, 0.3) is 0 Å². The average molecular weight is 403 g/mol. The van der Waals surface area contributed by atoms with Crippen molar-refractivity contribution in [3.8, 4) is 10.6 Å². The van der Waals surface area contributed by atoms with Gasteiger partial charge in [-0.2, -0.15) is 0 Å². The fourth-order valence-electron chi connectivity index (χ4n) is 3.10. The molecular formula is C21H30N4O2S. The molecule has 2 N–H and O–H groups in total. The number of benzene rings is 1. The maximum absolute atomic E-state index is 12.4. The van der Waals surface area contributed by atoms with Crippen LogP contribution in [-0.2, 0) is 9.59 Å². The van der Waals surface area contributed by atoms with Gasteiger partial charge >= 0.3 is 0 Å². The second-order valence-electron chi connectivity index (χ2n) is 8.63. The molecule has 2 aromatic rings. The number of hydrogen-bond donors (Lipinski definition) is 2. The van der Waals surface area contributed by atoms with E-state index in [2.05, 4.69) is 48.5 Å². The molecule has 0 fully saturated rings. The van der Waals surface area contributed by atoms with Crippen LogP contribution in [0, 0.1) is 18.3 Å². The number of hydrogen-bond acceptors (Lipinski definition) is 5. The van der Waals surface area contributed by atoms with Crippen LogP contribution >= 0.6 is 11.3 Å². The van der Waals surface area contributed by atoms with Crippen LogP contribution in [0.15, 0.2) is 24.3 Å². The van der Waals surface area contributed by atoms with Gasteiger partial charge in [0.05, 0.1) is 0 Å². The van der Waals surface area contributed by atoms with Crippen molar-refractivity contribution >= 4 is 28.3 Å². The van der Waals surface area contributed by atoms with E-state index in [1.54, 1.807) is 6.92 Å². The Kier molecular flexibility index (Phi) is 7.29. The molecule has 1 aromatic carbocycles. The summed E-state index contributed by atoms with van der Waals surface area (Å²) in [6.45, 7) is 12.2. The van der Waals surface area contributed by atoms with E-state index in [1.807, 2.05) is 31.2 Å². The van der Waals surface area contributed by atoms with Crippen LogP contribution in [0.5, 0.6) is 0 Å². The summed E-state index contributed by atoms with van der Waals surface area (Å²) < 4.78 is 0. The first-order valence-corrected chi connectivity index (χ1v) is 10.4. The Bertz CT molecular complexity index is 809. The van der Waals surface area contributed by atoms with Crippen molar-refractivity contribution in [3.05, 3.63) is 29.8 Å². The van der Waals surface area contributed by atoms with Crippen LogP contribution in [0.2, 0.25) is 0 Å². The normalized spacial score (nSPS) is 13.6. The van der Waals surface area contributed by atoms with E-state index in [9.17, 15) is 9.59 Å². The zero-order valence-corrected chi connectivity index (χ0v) is 18.3. The second kappa shape index (κ2) is 9.28. The molecule has 2 rings (SSSR count). The van der Waals surface area contributed by atoms with Crippen molar-refractivity contribution in [2.75, 3.05) is 5.32 Å². The maximum Gasteiger partial charge on any atom is 0.248 e. The van der Waals surface area contributed by atoms with Crippen LogP contribution in [-0.4, -0.2) is 28.1 Å². The van der Waals surface area contributed by atoms with Gasteiger partial charge in [0, 0.05) is 12.0 Å². The van der Waals surface area contributed by atoms with Crippen LogP contribution in [0.1, 0.15) is 53.0 Å². The Hall–Kier alpha value is -2.28. The third-order valence-electron chi connectivity index (χ3n) is 4.22. The van der Waals surface area contributed by atoms with Gasteiger partial charge in [-0.1, -0.05) is 68.9 Å². The molecule has 28 heavy (non-hydrogen) atoms. The van der Waals surface area contributed by atoms with Gasteiger partial charge in [0.15, 0.2) is 0 Å². The van der Waals surface area contributed by atoms with Gasteiger partial charge in [-0.05, 0) is 31.6 Å². The smallest absolute Gasteiger partial charge is 0.248 e. The Morgan fingerprint density at radius 1 is 1.11 bits per heavy atom. The second-order valence-corrected chi connectivity index (χ2v) is 9.61. The Labute approximate surface area is 171 Å². The van der Waals surface area contributed by atoms with Crippen LogP contribution < -0.4 is 10.6 Å². The highest BCUT2D eigenvalue weighted by Gasteiger charge is 2.21. The lowest BCUT2D eigenvalue weighted by Gasteiger charge is -2.23. The van der Waals surface area contributed by atoms with Gasteiger partial charge in [-0.3, -0.25) is 14.9 Å². The predicted molar refractivity (Wildman–Crippen MR) is 114 cm³/mol. The average Bonchev–Trinajstić information content (AvgIpc) is 3.01. The number of nitrogens with one attached hydrogen (secondary N) is 2. The fraction of sp³-hybridized carbons (Fsp3) is 0.524. The Balaban J connectivity index is 1.87. The summed E-state index contributed by atoms with van der Waals surface area (Å²) in [5, 5.41) is 14.8. The van der Waals surface area contributed by atoms with Gasteiger partial charge in [0.2, 0.25) is 16.9 Å². The summed E-state index contributed by atoms with van der Waals surface area (Å²) >= 11 is 1.31. The molecule has 6 nitrogen and oxygen atoms in total. The van der Waals surface area contributed by atoms with Gasteiger partial charge in [-0.25, -0.2) is 0 Å². The molecule has 152 valence electrons. The molecule has 7 heteroatoms. The molecule has 0 bridgehead atoms. The van der Waals surface area contributed by atoms with Crippen molar-refractivity contribution in [2.24, 2.45) is 11.3 Å². The third kappa shape index (κ3) is 7.03. The van der Waals surface area contributed by atoms with Crippen molar-refractivity contribution in [3.63, 3.8) is 0 Å². The fourth-order valence-corrected chi connectivity index (χ4v) is 3.85. The molecule has 2 atom stereocenters. The highest BCUT2D eigenvalue weighted by Crippen LogP contribution is 2.27. The van der Waals surface area contributed by atoms with E-state index in [0.29, 0.717) is 11.6 Å². The predicted octanol–water partition coefficient (Wildman–Crippen LogP) is 4.42.